The molecule has 1 atom stereocenters. The first-order valence-corrected chi connectivity index (χ1v) is 11.3. The fraction of sp³-hybridized carbons (Fsp3) is 0.400. The van der Waals surface area contributed by atoms with Crippen LogP contribution in [0.2, 0.25) is 0 Å². The van der Waals surface area contributed by atoms with E-state index < -0.39 is 29.4 Å². The van der Waals surface area contributed by atoms with Gasteiger partial charge in [-0.15, -0.1) is 0 Å². The minimum absolute atomic E-state index is 0.0307. The Morgan fingerprint density at radius 3 is 2.56 bits per heavy atom. The molecular weight excluding hydrogens is 442 g/mol. The van der Waals surface area contributed by atoms with Crippen LogP contribution in [0.25, 0.3) is 0 Å². The van der Waals surface area contributed by atoms with Crippen LogP contribution >= 0.6 is 0 Å². The molecule has 0 saturated carbocycles. The summed E-state index contributed by atoms with van der Waals surface area (Å²) >= 11 is 0. The van der Waals surface area contributed by atoms with Gasteiger partial charge in [-0.3, -0.25) is 14.9 Å². The Morgan fingerprint density at radius 1 is 1.29 bits per heavy atom. The maximum absolute atomic E-state index is 14.8. The SMILES string of the molecule is C\C=C/C=C(C)/C(=C\CC)OC(N)=NC1CN(c2cc(F)c(C3CCC(=O)NC3=O)c(F)c2)C1. The van der Waals surface area contributed by atoms with Crippen LogP contribution in [0, 0.1) is 11.6 Å². The van der Waals surface area contributed by atoms with Gasteiger partial charge in [0.1, 0.15) is 17.4 Å². The van der Waals surface area contributed by atoms with Crippen LogP contribution in [-0.4, -0.2) is 37.0 Å². The summed E-state index contributed by atoms with van der Waals surface area (Å²) in [4.78, 5) is 29.5. The van der Waals surface area contributed by atoms with Crippen molar-refractivity contribution < 1.29 is 23.1 Å². The van der Waals surface area contributed by atoms with Crippen molar-refractivity contribution in [1.82, 2.24) is 5.32 Å². The van der Waals surface area contributed by atoms with Crippen LogP contribution in [0.15, 0.2) is 52.8 Å². The lowest BCUT2D eigenvalue weighted by Gasteiger charge is -2.39. The highest BCUT2D eigenvalue weighted by molar-refractivity contribution is 6.01. The average Bonchev–Trinajstić information content (AvgIpc) is 2.74. The van der Waals surface area contributed by atoms with Crippen molar-refractivity contribution in [3.05, 3.63) is 65.0 Å². The Labute approximate surface area is 198 Å². The first kappa shape index (κ1) is 25.1. The normalized spacial score (nSPS) is 20.6. The summed E-state index contributed by atoms with van der Waals surface area (Å²) in [6.07, 6.45) is 8.55. The highest BCUT2D eigenvalue weighted by atomic mass is 19.1. The van der Waals surface area contributed by atoms with Crippen LogP contribution in [0.3, 0.4) is 0 Å². The molecule has 2 fully saturated rings. The summed E-state index contributed by atoms with van der Waals surface area (Å²) in [6, 6.07) is 2.27. The number of carbonyl (C=O) groups is 2. The van der Waals surface area contributed by atoms with E-state index in [4.69, 9.17) is 10.5 Å². The topological polar surface area (TPSA) is 97.0 Å². The Kier molecular flexibility index (Phi) is 8.20. The number of carbonyl (C=O) groups excluding carboxylic acids is 2. The van der Waals surface area contributed by atoms with Gasteiger partial charge in [0.2, 0.25) is 11.8 Å². The zero-order valence-electron chi connectivity index (χ0n) is 19.6. The van der Waals surface area contributed by atoms with Gasteiger partial charge >= 0.3 is 0 Å². The number of allylic oxidation sites excluding steroid dienone is 5. The molecule has 0 bridgehead atoms. The predicted octanol–water partition coefficient (Wildman–Crippen LogP) is 3.82. The van der Waals surface area contributed by atoms with Gasteiger partial charge in [-0.1, -0.05) is 25.2 Å². The number of ether oxygens (including phenoxy) is 1. The third kappa shape index (κ3) is 5.89. The number of hydrogen-bond donors (Lipinski definition) is 2. The van der Waals surface area contributed by atoms with Gasteiger partial charge in [0.25, 0.3) is 6.02 Å². The van der Waals surface area contributed by atoms with E-state index in [1.165, 1.54) is 12.1 Å². The van der Waals surface area contributed by atoms with Crippen molar-refractivity contribution in [2.45, 2.75) is 52.0 Å². The molecule has 0 spiro atoms. The number of rotatable bonds is 7. The van der Waals surface area contributed by atoms with E-state index in [1.54, 1.807) is 4.90 Å². The molecule has 2 heterocycles. The maximum atomic E-state index is 14.8. The highest BCUT2D eigenvalue weighted by Crippen LogP contribution is 2.33. The predicted molar refractivity (Wildman–Crippen MR) is 127 cm³/mol. The van der Waals surface area contributed by atoms with Crippen molar-refractivity contribution >= 4 is 23.5 Å². The summed E-state index contributed by atoms with van der Waals surface area (Å²) in [6.45, 7) is 6.67. The lowest BCUT2D eigenvalue weighted by atomic mass is 9.89. The second-order valence-corrected chi connectivity index (χ2v) is 8.31. The molecule has 34 heavy (non-hydrogen) atoms. The Bertz CT molecular complexity index is 1050. The van der Waals surface area contributed by atoms with Gasteiger partial charge in [-0.25, -0.2) is 13.8 Å². The molecule has 1 unspecified atom stereocenters. The van der Waals surface area contributed by atoms with Crippen LogP contribution in [0.1, 0.15) is 51.5 Å². The standard InChI is InChI=1S/C25H30F2N4O3/c1-4-6-8-15(3)21(7-5-2)34-25(28)29-16-13-31(14-16)17-11-19(26)23(20(27)12-17)18-9-10-22(32)30-24(18)33/h4,6-8,11-12,16,18H,5,9-10,13-14H2,1-3H3,(H2,28,29)(H,30,32,33)/b6-4-,15-8+,21-7+. The van der Waals surface area contributed by atoms with Gasteiger partial charge in [-0.05, 0) is 50.5 Å². The molecule has 1 aromatic rings. The van der Waals surface area contributed by atoms with Crippen LogP contribution in [0.5, 0.6) is 0 Å². The first-order chi connectivity index (χ1) is 16.2. The molecule has 2 aliphatic rings. The quantitative estimate of drug-likeness (QED) is 0.207. The number of amides is 2. The summed E-state index contributed by atoms with van der Waals surface area (Å²) in [7, 11) is 0. The molecular formula is C25H30F2N4O3. The minimum Gasteiger partial charge on any atom is -0.426 e. The van der Waals surface area contributed by atoms with Gasteiger partial charge in [0.15, 0.2) is 0 Å². The van der Waals surface area contributed by atoms with Gasteiger partial charge in [-0.2, -0.15) is 0 Å². The summed E-state index contributed by atoms with van der Waals surface area (Å²) in [5.74, 6) is -3.12. The van der Waals surface area contributed by atoms with Crippen LogP contribution in [0.4, 0.5) is 14.5 Å². The molecule has 3 rings (SSSR count). The number of anilines is 1. The molecule has 0 aliphatic carbocycles. The van der Waals surface area contributed by atoms with Gasteiger partial charge in [0, 0.05) is 30.8 Å². The third-order valence-corrected chi connectivity index (χ3v) is 5.72. The van der Waals surface area contributed by atoms with E-state index in [0.29, 0.717) is 24.5 Å². The van der Waals surface area contributed by atoms with Crippen molar-refractivity contribution in [3.8, 4) is 0 Å². The number of nitrogens with one attached hydrogen (secondary N) is 1. The number of piperidine rings is 1. The third-order valence-electron chi connectivity index (χ3n) is 5.72. The van der Waals surface area contributed by atoms with Crippen LogP contribution < -0.4 is 16.0 Å². The monoisotopic (exact) mass is 472 g/mol. The Morgan fingerprint density at radius 2 is 1.97 bits per heavy atom. The Hall–Kier alpha value is -3.49. The number of halogens is 2. The Balaban J connectivity index is 1.65. The fourth-order valence-electron chi connectivity index (χ4n) is 3.91. The second kappa shape index (κ2) is 11.1. The molecule has 2 aliphatic heterocycles. The lowest BCUT2D eigenvalue weighted by molar-refractivity contribution is -0.134. The summed E-state index contributed by atoms with van der Waals surface area (Å²) in [5, 5.41) is 2.13. The van der Waals surface area contributed by atoms with E-state index in [-0.39, 0.29) is 30.5 Å². The van der Waals surface area contributed by atoms with Gasteiger partial charge < -0.3 is 15.4 Å². The van der Waals surface area contributed by atoms with E-state index in [9.17, 15) is 18.4 Å². The van der Waals surface area contributed by atoms with Crippen molar-refractivity contribution in [2.75, 3.05) is 18.0 Å². The second-order valence-electron chi connectivity index (χ2n) is 8.31. The molecule has 9 heteroatoms. The van der Waals surface area contributed by atoms with Crippen molar-refractivity contribution in [3.63, 3.8) is 0 Å². The summed E-state index contributed by atoms with van der Waals surface area (Å²) in [5.41, 5.74) is 6.94. The number of nitrogens with zero attached hydrogens (tertiary/aromatic N) is 2. The zero-order valence-corrected chi connectivity index (χ0v) is 19.6. The van der Waals surface area contributed by atoms with E-state index in [1.807, 2.05) is 45.1 Å². The molecule has 3 N–H and O–H groups in total. The largest absolute Gasteiger partial charge is 0.426 e. The number of amidine groups is 1. The fourth-order valence-corrected chi connectivity index (χ4v) is 3.91. The van der Waals surface area contributed by atoms with Crippen LogP contribution in [-0.2, 0) is 14.3 Å². The molecule has 0 aromatic heterocycles. The minimum atomic E-state index is -1.02. The molecule has 2 amide bonds. The first-order valence-electron chi connectivity index (χ1n) is 11.3. The van der Waals surface area contributed by atoms with E-state index >= 15 is 0 Å². The molecule has 2 saturated heterocycles. The molecule has 1 aromatic carbocycles. The maximum Gasteiger partial charge on any atom is 0.287 e. The number of benzene rings is 1. The number of aliphatic imine (C=N–C) groups is 1. The number of hydrogen-bond acceptors (Lipinski definition) is 5. The number of nitrogens with two attached hydrogens (primary N) is 1. The highest BCUT2D eigenvalue weighted by Gasteiger charge is 2.34. The van der Waals surface area contributed by atoms with Crippen molar-refractivity contribution in [2.24, 2.45) is 10.7 Å². The smallest absolute Gasteiger partial charge is 0.287 e. The summed E-state index contributed by atoms with van der Waals surface area (Å²) < 4.78 is 35.2. The van der Waals surface area contributed by atoms with E-state index in [0.717, 1.165) is 12.0 Å². The number of imide groups is 1. The van der Waals surface area contributed by atoms with Gasteiger partial charge in [0.05, 0.1) is 12.0 Å². The molecule has 7 nitrogen and oxygen atoms in total. The van der Waals surface area contributed by atoms with E-state index in [2.05, 4.69) is 10.3 Å². The zero-order chi connectivity index (χ0) is 24.8. The molecule has 182 valence electrons. The lowest BCUT2D eigenvalue weighted by Crippen LogP contribution is -2.51. The average molecular weight is 473 g/mol. The molecule has 0 radical (unpaired) electrons. The van der Waals surface area contributed by atoms with Crippen molar-refractivity contribution in [1.29, 1.82) is 0 Å².